The number of pyridine rings is 1. The Balaban J connectivity index is 2.17. The summed E-state index contributed by atoms with van der Waals surface area (Å²) in [5, 5.41) is 14.0. The number of ether oxygens (including phenoxy) is 2. The summed E-state index contributed by atoms with van der Waals surface area (Å²) in [5.41, 5.74) is 0.533. The molecule has 0 aliphatic carbocycles. The topological polar surface area (TPSA) is 86.5 Å². The molecule has 0 saturated heterocycles. The maximum absolute atomic E-state index is 11.0. The third-order valence-electron chi connectivity index (χ3n) is 2.80. The molecule has 0 aliphatic heterocycles. The molecule has 1 aromatic heterocycles. The molecule has 2 aromatic rings. The van der Waals surface area contributed by atoms with E-state index in [4.69, 9.17) is 9.47 Å². The van der Waals surface area contributed by atoms with Gasteiger partial charge in [-0.2, -0.15) is 0 Å². The van der Waals surface area contributed by atoms with Gasteiger partial charge in [0.2, 0.25) is 0 Å². The van der Waals surface area contributed by atoms with Gasteiger partial charge in [0.05, 0.1) is 23.8 Å². The first-order valence-electron chi connectivity index (χ1n) is 6.23. The maximum Gasteiger partial charge on any atom is 0.314 e. The quantitative estimate of drug-likeness (QED) is 0.649. The SMILES string of the molecule is CNc1cccc(COc2ccc(OC)cc2[N+](=O)[O-])n1. The number of nitrogens with one attached hydrogen (secondary N) is 1. The molecule has 2 rings (SSSR count). The van der Waals surface area contributed by atoms with Gasteiger partial charge in [-0.15, -0.1) is 0 Å². The first-order chi connectivity index (χ1) is 10.1. The zero-order valence-corrected chi connectivity index (χ0v) is 11.7. The van der Waals surface area contributed by atoms with Gasteiger partial charge >= 0.3 is 5.69 Å². The number of nitro groups is 1. The van der Waals surface area contributed by atoms with Crippen molar-refractivity contribution >= 4 is 11.5 Å². The van der Waals surface area contributed by atoms with Gasteiger partial charge in [0.25, 0.3) is 0 Å². The summed E-state index contributed by atoms with van der Waals surface area (Å²) in [6.07, 6.45) is 0. The first-order valence-corrected chi connectivity index (χ1v) is 6.23. The molecule has 0 bridgehead atoms. The van der Waals surface area contributed by atoms with Crippen LogP contribution in [0.2, 0.25) is 0 Å². The third kappa shape index (κ3) is 3.59. The number of hydrogen-bond donors (Lipinski definition) is 1. The van der Waals surface area contributed by atoms with E-state index in [9.17, 15) is 10.1 Å². The highest BCUT2D eigenvalue weighted by Gasteiger charge is 2.16. The van der Waals surface area contributed by atoms with Gasteiger partial charge in [-0.05, 0) is 24.3 Å². The van der Waals surface area contributed by atoms with Gasteiger partial charge in [-0.25, -0.2) is 4.98 Å². The lowest BCUT2D eigenvalue weighted by molar-refractivity contribution is -0.386. The molecule has 110 valence electrons. The lowest BCUT2D eigenvalue weighted by Crippen LogP contribution is -2.02. The zero-order chi connectivity index (χ0) is 15.2. The number of hydrogen-bond acceptors (Lipinski definition) is 6. The molecule has 0 aliphatic rings. The van der Waals surface area contributed by atoms with E-state index in [-0.39, 0.29) is 18.0 Å². The summed E-state index contributed by atoms with van der Waals surface area (Å²) in [6.45, 7) is 0.142. The zero-order valence-electron chi connectivity index (χ0n) is 11.7. The summed E-state index contributed by atoms with van der Waals surface area (Å²) in [7, 11) is 3.22. The van der Waals surface area contributed by atoms with E-state index >= 15 is 0 Å². The molecular formula is C14H15N3O4. The van der Waals surface area contributed by atoms with Crippen LogP contribution < -0.4 is 14.8 Å². The molecule has 1 aromatic carbocycles. The van der Waals surface area contributed by atoms with E-state index in [1.807, 2.05) is 12.1 Å². The second-order valence-electron chi connectivity index (χ2n) is 4.14. The highest BCUT2D eigenvalue weighted by molar-refractivity contribution is 5.51. The van der Waals surface area contributed by atoms with Crippen LogP contribution in [0.4, 0.5) is 11.5 Å². The van der Waals surface area contributed by atoms with Crippen LogP contribution in [0.25, 0.3) is 0 Å². The van der Waals surface area contributed by atoms with Crippen molar-refractivity contribution in [1.29, 1.82) is 0 Å². The summed E-state index contributed by atoms with van der Waals surface area (Å²) < 4.78 is 10.5. The van der Waals surface area contributed by atoms with Crippen LogP contribution in [-0.4, -0.2) is 24.1 Å². The van der Waals surface area contributed by atoms with Gasteiger partial charge < -0.3 is 14.8 Å². The van der Waals surface area contributed by atoms with Crippen molar-refractivity contribution in [3.63, 3.8) is 0 Å². The molecule has 0 saturated carbocycles. The average Bonchev–Trinajstić information content (AvgIpc) is 2.52. The van der Waals surface area contributed by atoms with Crippen molar-refractivity contribution in [2.45, 2.75) is 6.61 Å². The van der Waals surface area contributed by atoms with Gasteiger partial charge in [0, 0.05) is 7.05 Å². The van der Waals surface area contributed by atoms with Crippen molar-refractivity contribution in [3.8, 4) is 11.5 Å². The number of methoxy groups -OCH3 is 1. The Kier molecular flexibility index (Phi) is 4.55. The molecule has 0 fully saturated rings. The van der Waals surface area contributed by atoms with E-state index in [1.165, 1.54) is 19.2 Å². The van der Waals surface area contributed by atoms with Crippen LogP contribution in [-0.2, 0) is 6.61 Å². The monoisotopic (exact) mass is 289 g/mol. The molecule has 0 spiro atoms. The maximum atomic E-state index is 11.0. The molecule has 0 atom stereocenters. The van der Waals surface area contributed by atoms with Crippen molar-refractivity contribution in [3.05, 3.63) is 52.2 Å². The van der Waals surface area contributed by atoms with Crippen LogP contribution in [0.3, 0.4) is 0 Å². The Hall–Kier alpha value is -2.83. The predicted octanol–water partition coefficient (Wildman–Crippen LogP) is 2.62. The van der Waals surface area contributed by atoms with Gasteiger partial charge in [-0.1, -0.05) is 6.07 Å². The van der Waals surface area contributed by atoms with Crippen molar-refractivity contribution in [2.24, 2.45) is 0 Å². The third-order valence-corrected chi connectivity index (χ3v) is 2.80. The van der Waals surface area contributed by atoms with Gasteiger partial charge in [0.15, 0.2) is 5.75 Å². The highest BCUT2D eigenvalue weighted by atomic mass is 16.6. The van der Waals surface area contributed by atoms with E-state index in [0.29, 0.717) is 17.3 Å². The Morgan fingerprint density at radius 3 is 2.81 bits per heavy atom. The number of anilines is 1. The highest BCUT2D eigenvalue weighted by Crippen LogP contribution is 2.31. The van der Waals surface area contributed by atoms with Crippen molar-refractivity contribution < 1.29 is 14.4 Å². The largest absolute Gasteiger partial charge is 0.496 e. The van der Waals surface area contributed by atoms with Crippen LogP contribution in [0.15, 0.2) is 36.4 Å². The predicted molar refractivity (Wildman–Crippen MR) is 77.8 cm³/mol. The Morgan fingerprint density at radius 2 is 2.14 bits per heavy atom. The smallest absolute Gasteiger partial charge is 0.314 e. The fourth-order valence-corrected chi connectivity index (χ4v) is 1.74. The van der Waals surface area contributed by atoms with E-state index in [0.717, 1.165) is 0 Å². The van der Waals surface area contributed by atoms with E-state index < -0.39 is 4.92 Å². The minimum Gasteiger partial charge on any atom is -0.496 e. The van der Waals surface area contributed by atoms with Crippen LogP contribution in [0.5, 0.6) is 11.5 Å². The van der Waals surface area contributed by atoms with E-state index in [2.05, 4.69) is 10.3 Å². The van der Waals surface area contributed by atoms with Gasteiger partial charge in [-0.3, -0.25) is 10.1 Å². The molecule has 0 amide bonds. The molecule has 1 heterocycles. The summed E-state index contributed by atoms with van der Waals surface area (Å²) >= 11 is 0. The molecule has 7 nitrogen and oxygen atoms in total. The lowest BCUT2D eigenvalue weighted by atomic mass is 10.3. The minimum absolute atomic E-state index is 0.140. The number of nitrogens with zero attached hydrogens (tertiary/aromatic N) is 2. The normalized spacial score (nSPS) is 10.0. The molecule has 21 heavy (non-hydrogen) atoms. The molecule has 0 unspecified atom stereocenters. The summed E-state index contributed by atoms with van der Waals surface area (Å²) in [4.78, 5) is 14.8. The second kappa shape index (κ2) is 6.56. The van der Waals surface area contributed by atoms with Crippen molar-refractivity contribution in [2.75, 3.05) is 19.5 Å². The standard InChI is InChI=1S/C14H15N3O4/c1-15-14-5-3-4-10(16-14)9-21-13-7-6-11(20-2)8-12(13)17(18)19/h3-8H,9H2,1-2H3,(H,15,16). The van der Waals surface area contributed by atoms with Gasteiger partial charge in [0.1, 0.15) is 18.2 Å². The van der Waals surface area contributed by atoms with Crippen LogP contribution in [0.1, 0.15) is 5.69 Å². The van der Waals surface area contributed by atoms with E-state index in [1.54, 1.807) is 19.2 Å². The summed E-state index contributed by atoms with van der Waals surface area (Å²) in [5.74, 6) is 1.29. The molecule has 1 N–H and O–H groups in total. The Bertz CT molecular complexity index is 646. The van der Waals surface area contributed by atoms with Crippen LogP contribution >= 0.6 is 0 Å². The Morgan fingerprint density at radius 1 is 1.33 bits per heavy atom. The molecule has 0 radical (unpaired) electrons. The minimum atomic E-state index is -0.505. The lowest BCUT2D eigenvalue weighted by Gasteiger charge is -2.08. The molecule has 7 heteroatoms. The number of benzene rings is 1. The van der Waals surface area contributed by atoms with Crippen molar-refractivity contribution in [1.82, 2.24) is 4.98 Å². The van der Waals surface area contributed by atoms with Crippen LogP contribution in [0, 0.1) is 10.1 Å². The Labute approximate surface area is 121 Å². The number of aromatic nitrogens is 1. The number of rotatable bonds is 6. The molecular weight excluding hydrogens is 274 g/mol. The average molecular weight is 289 g/mol. The summed E-state index contributed by atoms with van der Waals surface area (Å²) in [6, 6.07) is 9.89. The number of nitro benzene ring substituents is 1. The fraction of sp³-hybridized carbons (Fsp3) is 0.214. The second-order valence-corrected chi connectivity index (χ2v) is 4.14. The fourth-order valence-electron chi connectivity index (χ4n) is 1.74. The first kappa shape index (κ1) is 14.6.